The highest BCUT2D eigenvalue weighted by atomic mass is 16.1. The van der Waals surface area contributed by atoms with Crippen molar-refractivity contribution in [3.63, 3.8) is 0 Å². The van der Waals surface area contributed by atoms with Gasteiger partial charge in [-0.3, -0.25) is 4.79 Å². The molecule has 0 spiro atoms. The summed E-state index contributed by atoms with van der Waals surface area (Å²) >= 11 is 0. The molecule has 2 rings (SSSR count). The first-order valence-electron chi connectivity index (χ1n) is 7.43. The van der Waals surface area contributed by atoms with Gasteiger partial charge in [-0.05, 0) is 44.9 Å². The van der Waals surface area contributed by atoms with E-state index in [2.05, 4.69) is 35.4 Å². The fourth-order valence-corrected chi connectivity index (χ4v) is 2.69. The molecule has 1 saturated heterocycles. The Morgan fingerprint density at radius 2 is 1.90 bits per heavy atom. The summed E-state index contributed by atoms with van der Waals surface area (Å²) in [6, 6.07) is 9.10. The SMILES string of the molecule is CC(=O)Nc1cccc(NC2CCN(C(C)C)CC2)c1. The fourth-order valence-electron chi connectivity index (χ4n) is 2.69. The van der Waals surface area contributed by atoms with E-state index < -0.39 is 0 Å². The maximum atomic E-state index is 11.1. The Hall–Kier alpha value is -1.55. The van der Waals surface area contributed by atoms with Crippen LogP contribution < -0.4 is 10.6 Å². The van der Waals surface area contributed by atoms with Crippen LogP contribution in [-0.2, 0) is 4.79 Å². The molecule has 0 aliphatic carbocycles. The molecule has 0 bridgehead atoms. The highest BCUT2D eigenvalue weighted by molar-refractivity contribution is 5.89. The monoisotopic (exact) mass is 275 g/mol. The third kappa shape index (κ3) is 4.23. The lowest BCUT2D eigenvalue weighted by Crippen LogP contribution is -2.42. The van der Waals surface area contributed by atoms with Crippen LogP contribution in [0.25, 0.3) is 0 Å². The van der Waals surface area contributed by atoms with Crippen molar-refractivity contribution in [3.05, 3.63) is 24.3 Å². The number of carbonyl (C=O) groups excluding carboxylic acids is 1. The second-order valence-corrected chi connectivity index (χ2v) is 5.81. The Kier molecular flexibility index (Phi) is 5.01. The van der Waals surface area contributed by atoms with Gasteiger partial charge in [0, 0.05) is 43.5 Å². The Balaban J connectivity index is 1.89. The third-order valence-electron chi connectivity index (χ3n) is 3.81. The number of carbonyl (C=O) groups is 1. The van der Waals surface area contributed by atoms with Gasteiger partial charge in [-0.25, -0.2) is 0 Å². The van der Waals surface area contributed by atoms with Crippen molar-refractivity contribution in [2.45, 2.75) is 45.7 Å². The van der Waals surface area contributed by atoms with Gasteiger partial charge in [-0.15, -0.1) is 0 Å². The molecule has 4 nitrogen and oxygen atoms in total. The van der Waals surface area contributed by atoms with Gasteiger partial charge >= 0.3 is 0 Å². The van der Waals surface area contributed by atoms with Gasteiger partial charge in [0.1, 0.15) is 0 Å². The lowest BCUT2D eigenvalue weighted by atomic mass is 10.0. The second-order valence-electron chi connectivity index (χ2n) is 5.81. The Bertz CT molecular complexity index is 451. The minimum absolute atomic E-state index is 0.0348. The average molecular weight is 275 g/mol. The van der Waals surface area contributed by atoms with Gasteiger partial charge in [0.05, 0.1) is 0 Å². The molecule has 1 amide bonds. The molecule has 0 saturated carbocycles. The van der Waals surface area contributed by atoms with Gasteiger partial charge in [0.15, 0.2) is 0 Å². The van der Waals surface area contributed by atoms with Gasteiger partial charge in [0.25, 0.3) is 0 Å². The number of amides is 1. The minimum Gasteiger partial charge on any atom is -0.382 e. The molecule has 2 N–H and O–H groups in total. The molecule has 1 heterocycles. The lowest BCUT2D eigenvalue weighted by molar-refractivity contribution is -0.114. The largest absolute Gasteiger partial charge is 0.382 e. The van der Waals surface area contributed by atoms with E-state index in [1.54, 1.807) is 0 Å². The predicted molar refractivity (Wildman–Crippen MR) is 84.1 cm³/mol. The molecule has 4 heteroatoms. The molecule has 1 aromatic rings. The van der Waals surface area contributed by atoms with Crippen molar-refractivity contribution in [1.82, 2.24) is 4.90 Å². The van der Waals surface area contributed by atoms with Crippen molar-refractivity contribution in [3.8, 4) is 0 Å². The molecular formula is C16H25N3O. The van der Waals surface area contributed by atoms with Crippen LogP contribution in [0.4, 0.5) is 11.4 Å². The first-order valence-corrected chi connectivity index (χ1v) is 7.43. The number of benzene rings is 1. The van der Waals surface area contributed by atoms with E-state index in [-0.39, 0.29) is 5.91 Å². The zero-order valence-electron chi connectivity index (χ0n) is 12.6. The highest BCUT2D eigenvalue weighted by Gasteiger charge is 2.20. The van der Waals surface area contributed by atoms with Gasteiger partial charge in [-0.2, -0.15) is 0 Å². The second kappa shape index (κ2) is 6.75. The van der Waals surface area contributed by atoms with Crippen molar-refractivity contribution >= 4 is 17.3 Å². The van der Waals surface area contributed by atoms with Crippen LogP contribution >= 0.6 is 0 Å². The fraction of sp³-hybridized carbons (Fsp3) is 0.562. The molecule has 0 aromatic heterocycles. The Morgan fingerprint density at radius 1 is 1.25 bits per heavy atom. The van der Waals surface area contributed by atoms with Crippen LogP contribution in [0, 0.1) is 0 Å². The number of anilines is 2. The first-order chi connectivity index (χ1) is 9.54. The minimum atomic E-state index is -0.0348. The van der Waals surface area contributed by atoms with Crippen molar-refractivity contribution in [2.24, 2.45) is 0 Å². The molecule has 110 valence electrons. The summed E-state index contributed by atoms with van der Waals surface area (Å²) in [5.41, 5.74) is 1.93. The molecule has 20 heavy (non-hydrogen) atoms. The lowest BCUT2D eigenvalue weighted by Gasteiger charge is -2.35. The van der Waals surface area contributed by atoms with E-state index in [0.29, 0.717) is 12.1 Å². The number of hydrogen-bond donors (Lipinski definition) is 2. The normalized spacial score (nSPS) is 17.2. The number of likely N-dealkylation sites (tertiary alicyclic amines) is 1. The zero-order chi connectivity index (χ0) is 14.5. The van der Waals surface area contributed by atoms with E-state index >= 15 is 0 Å². The summed E-state index contributed by atoms with van der Waals surface area (Å²) in [6.07, 6.45) is 2.34. The highest BCUT2D eigenvalue weighted by Crippen LogP contribution is 2.20. The maximum absolute atomic E-state index is 11.1. The van der Waals surface area contributed by atoms with Crippen LogP contribution in [0.2, 0.25) is 0 Å². The van der Waals surface area contributed by atoms with Gasteiger partial charge < -0.3 is 15.5 Å². The summed E-state index contributed by atoms with van der Waals surface area (Å²) in [6.45, 7) is 8.35. The molecule has 0 radical (unpaired) electrons. The number of nitrogens with zero attached hydrogens (tertiary/aromatic N) is 1. The molecule has 1 fully saturated rings. The van der Waals surface area contributed by atoms with Crippen molar-refractivity contribution in [1.29, 1.82) is 0 Å². The molecule has 0 unspecified atom stereocenters. The smallest absolute Gasteiger partial charge is 0.221 e. The number of piperidine rings is 1. The molecular weight excluding hydrogens is 250 g/mol. The Morgan fingerprint density at radius 3 is 2.50 bits per heavy atom. The number of hydrogen-bond acceptors (Lipinski definition) is 3. The molecule has 1 aromatic carbocycles. The summed E-state index contributed by atoms with van der Waals surface area (Å²) in [4.78, 5) is 13.6. The summed E-state index contributed by atoms with van der Waals surface area (Å²) < 4.78 is 0. The van der Waals surface area contributed by atoms with Crippen molar-refractivity contribution < 1.29 is 4.79 Å². The van der Waals surface area contributed by atoms with E-state index in [1.807, 2.05) is 18.2 Å². The van der Waals surface area contributed by atoms with Crippen LogP contribution in [0.3, 0.4) is 0 Å². The predicted octanol–water partition coefficient (Wildman–Crippen LogP) is 2.93. The standard InChI is InChI=1S/C16H25N3O/c1-12(2)19-9-7-14(8-10-19)18-16-6-4-5-15(11-16)17-13(3)20/h4-6,11-12,14,18H,7-10H2,1-3H3,(H,17,20). The van der Waals surface area contributed by atoms with Crippen LogP contribution in [0.1, 0.15) is 33.6 Å². The summed E-state index contributed by atoms with van der Waals surface area (Å²) in [5.74, 6) is -0.0348. The number of rotatable bonds is 4. The van der Waals surface area contributed by atoms with Crippen molar-refractivity contribution in [2.75, 3.05) is 23.7 Å². The van der Waals surface area contributed by atoms with Crippen LogP contribution in [-0.4, -0.2) is 36.0 Å². The maximum Gasteiger partial charge on any atom is 0.221 e. The van der Waals surface area contributed by atoms with Gasteiger partial charge in [0.2, 0.25) is 5.91 Å². The summed E-state index contributed by atoms with van der Waals surface area (Å²) in [5, 5.41) is 6.39. The quantitative estimate of drug-likeness (QED) is 0.888. The molecule has 0 atom stereocenters. The first kappa shape index (κ1) is 14.9. The van der Waals surface area contributed by atoms with Gasteiger partial charge in [-0.1, -0.05) is 6.07 Å². The molecule has 1 aliphatic rings. The van der Waals surface area contributed by atoms with E-state index in [1.165, 1.54) is 19.8 Å². The topological polar surface area (TPSA) is 44.4 Å². The van der Waals surface area contributed by atoms with E-state index in [4.69, 9.17) is 0 Å². The van der Waals surface area contributed by atoms with Crippen LogP contribution in [0.5, 0.6) is 0 Å². The van der Waals surface area contributed by atoms with E-state index in [0.717, 1.165) is 24.5 Å². The Labute approximate surface area is 121 Å². The zero-order valence-corrected chi connectivity index (χ0v) is 12.6. The average Bonchev–Trinajstić information content (AvgIpc) is 2.39. The van der Waals surface area contributed by atoms with Crippen LogP contribution in [0.15, 0.2) is 24.3 Å². The molecule has 1 aliphatic heterocycles. The summed E-state index contributed by atoms with van der Waals surface area (Å²) in [7, 11) is 0. The third-order valence-corrected chi connectivity index (χ3v) is 3.81. The number of nitrogens with one attached hydrogen (secondary N) is 2. The van der Waals surface area contributed by atoms with E-state index in [9.17, 15) is 4.79 Å².